The molecule has 0 spiro atoms. The highest BCUT2D eigenvalue weighted by molar-refractivity contribution is 5.89. The van der Waals surface area contributed by atoms with E-state index in [9.17, 15) is 4.79 Å². The maximum absolute atomic E-state index is 11.3. The fourth-order valence-electron chi connectivity index (χ4n) is 1.72. The van der Waals surface area contributed by atoms with Gasteiger partial charge in [-0.15, -0.1) is 0 Å². The van der Waals surface area contributed by atoms with Crippen molar-refractivity contribution in [1.82, 2.24) is 0 Å². The van der Waals surface area contributed by atoms with Crippen molar-refractivity contribution in [2.45, 2.75) is 5.92 Å². The largest absolute Gasteiger partial charge is 0.493 e. The van der Waals surface area contributed by atoms with Gasteiger partial charge in [-0.05, 0) is 18.2 Å². The quantitative estimate of drug-likeness (QED) is 0.732. The van der Waals surface area contributed by atoms with E-state index in [-0.39, 0.29) is 11.9 Å². The van der Waals surface area contributed by atoms with Crippen molar-refractivity contribution in [3.8, 4) is 5.75 Å². The van der Waals surface area contributed by atoms with Crippen LogP contribution in [0.5, 0.6) is 5.75 Å². The summed E-state index contributed by atoms with van der Waals surface area (Å²) < 4.78 is 10.1. The number of nitrogens with two attached hydrogens (primary N) is 1. The Labute approximate surface area is 88.0 Å². The van der Waals surface area contributed by atoms with E-state index in [1.807, 2.05) is 0 Å². The highest BCUT2D eigenvalue weighted by Gasteiger charge is 2.24. The molecule has 0 saturated heterocycles. The molecule has 2 rings (SSSR count). The summed E-state index contributed by atoms with van der Waals surface area (Å²) in [4.78, 5) is 11.3. The molecule has 15 heavy (non-hydrogen) atoms. The van der Waals surface area contributed by atoms with E-state index in [4.69, 9.17) is 10.5 Å². The fourth-order valence-corrected chi connectivity index (χ4v) is 1.72. The normalized spacial score (nSPS) is 18.1. The zero-order chi connectivity index (χ0) is 10.8. The summed E-state index contributed by atoms with van der Waals surface area (Å²) in [5, 5.41) is 0. The zero-order valence-corrected chi connectivity index (χ0v) is 8.53. The Bertz CT molecular complexity index is 389. The summed E-state index contributed by atoms with van der Waals surface area (Å²) >= 11 is 0. The lowest BCUT2D eigenvalue weighted by atomic mass is 9.99. The van der Waals surface area contributed by atoms with E-state index >= 15 is 0 Å². The molecule has 1 aromatic rings. The lowest BCUT2D eigenvalue weighted by molar-refractivity contribution is 0.0600. The molecule has 1 unspecified atom stereocenters. The Morgan fingerprint density at radius 3 is 3.13 bits per heavy atom. The molecule has 1 atom stereocenters. The number of fused-ring (bicyclic) bond motifs is 1. The first-order valence-corrected chi connectivity index (χ1v) is 4.81. The van der Waals surface area contributed by atoms with Gasteiger partial charge in [-0.3, -0.25) is 0 Å². The second-order valence-corrected chi connectivity index (χ2v) is 3.49. The van der Waals surface area contributed by atoms with Gasteiger partial charge in [0.05, 0.1) is 19.3 Å². The molecule has 0 radical (unpaired) electrons. The Morgan fingerprint density at radius 2 is 2.47 bits per heavy atom. The van der Waals surface area contributed by atoms with E-state index < -0.39 is 0 Å². The number of benzene rings is 1. The molecule has 1 aromatic carbocycles. The third-order valence-electron chi connectivity index (χ3n) is 2.60. The molecule has 0 bridgehead atoms. The number of hydrogen-bond donors (Lipinski definition) is 1. The lowest BCUT2D eigenvalue weighted by Crippen LogP contribution is -2.13. The molecule has 0 amide bonds. The van der Waals surface area contributed by atoms with Crippen LogP contribution in [-0.2, 0) is 4.74 Å². The first kappa shape index (κ1) is 9.98. The van der Waals surface area contributed by atoms with E-state index in [0.29, 0.717) is 18.7 Å². The molecular formula is C11H13NO3. The van der Waals surface area contributed by atoms with Crippen molar-refractivity contribution >= 4 is 5.97 Å². The lowest BCUT2D eigenvalue weighted by Gasteiger charge is -2.05. The van der Waals surface area contributed by atoms with Crippen LogP contribution in [0.3, 0.4) is 0 Å². The smallest absolute Gasteiger partial charge is 0.337 e. The van der Waals surface area contributed by atoms with Crippen LogP contribution in [0.25, 0.3) is 0 Å². The molecule has 4 nitrogen and oxygen atoms in total. The Hall–Kier alpha value is -1.55. The standard InChI is InChI=1S/C11H13NO3/c1-14-11(13)7-2-3-10-9(4-7)8(5-12)6-15-10/h2-4,8H,5-6,12H2,1H3. The van der Waals surface area contributed by atoms with E-state index in [1.165, 1.54) is 7.11 Å². The Balaban J connectivity index is 2.36. The first-order valence-electron chi connectivity index (χ1n) is 4.81. The fraction of sp³-hybridized carbons (Fsp3) is 0.364. The third kappa shape index (κ3) is 1.68. The molecule has 0 aliphatic carbocycles. The number of hydrogen-bond acceptors (Lipinski definition) is 4. The number of esters is 1. The van der Waals surface area contributed by atoms with Gasteiger partial charge in [-0.1, -0.05) is 0 Å². The number of ether oxygens (including phenoxy) is 2. The molecule has 4 heteroatoms. The molecule has 0 fully saturated rings. The van der Waals surface area contributed by atoms with Crippen LogP contribution in [0.2, 0.25) is 0 Å². The van der Waals surface area contributed by atoms with Gasteiger partial charge < -0.3 is 15.2 Å². The van der Waals surface area contributed by atoms with Crippen LogP contribution in [-0.4, -0.2) is 26.2 Å². The van der Waals surface area contributed by atoms with E-state index in [1.54, 1.807) is 18.2 Å². The molecule has 2 N–H and O–H groups in total. The number of rotatable bonds is 2. The molecule has 80 valence electrons. The van der Waals surface area contributed by atoms with Crippen LogP contribution in [0.1, 0.15) is 21.8 Å². The molecule has 0 saturated carbocycles. The van der Waals surface area contributed by atoms with Crippen molar-refractivity contribution in [2.24, 2.45) is 5.73 Å². The van der Waals surface area contributed by atoms with Crippen LogP contribution in [0.15, 0.2) is 18.2 Å². The summed E-state index contributed by atoms with van der Waals surface area (Å²) in [7, 11) is 1.37. The number of carbonyl (C=O) groups is 1. The summed E-state index contributed by atoms with van der Waals surface area (Å²) in [6, 6.07) is 5.28. The highest BCUT2D eigenvalue weighted by Crippen LogP contribution is 2.33. The molecule has 1 aliphatic heterocycles. The van der Waals surface area contributed by atoms with Crippen LogP contribution in [0.4, 0.5) is 0 Å². The predicted octanol–water partition coefficient (Wildman–Crippen LogP) is 0.908. The van der Waals surface area contributed by atoms with Crippen molar-refractivity contribution in [1.29, 1.82) is 0 Å². The van der Waals surface area contributed by atoms with Crippen LogP contribution in [0, 0.1) is 0 Å². The molecule has 1 heterocycles. The van der Waals surface area contributed by atoms with Gasteiger partial charge in [0.1, 0.15) is 5.75 Å². The maximum atomic E-state index is 11.3. The van der Waals surface area contributed by atoms with Gasteiger partial charge >= 0.3 is 5.97 Å². The van der Waals surface area contributed by atoms with Crippen LogP contribution < -0.4 is 10.5 Å². The molecule has 1 aliphatic rings. The topological polar surface area (TPSA) is 61.5 Å². The average Bonchev–Trinajstić information content (AvgIpc) is 2.69. The molecular weight excluding hydrogens is 194 g/mol. The van der Waals surface area contributed by atoms with E-state index in [0.717, 1.165) is 11.3 Å². The monoisotopic (exact) mass is 207 g/mol. The number of methoxy groups -OCH3 is 1. The van der Waals surface area contributed by atoms with Crippen LogP contribution >= 0.6 is 0 Å². The molecule has 0 aromatic heterocycles. The van der Waals surface area contributed by atoms with Gasteiger partial charge in [0, 0.05) is 18.0 Å². The summed E-state index contributed by atoms with van der Waals surface area (Å²) in [5.74, 6) is 0.670. The van der Waals surface area contributed by atoms with Gasteiger partial charge in [0.2, 0.25) is 0 Å². The second kappa shape index (κ2) is 3.90. The second-order valence-electron chi connectivity index (χ2n) is 3.49. The Kier molecular flexibility index (Phi) is 2.60. The highest BCUT2D eigenvalue weighted by atomic mass is 16.5. The minimum absolute atomic E-state index is 0.185. The SMILES string of the molecule is COC(=O)c1ccc2c(c1)C(CN)CO2. The van der Waals surface area contributed by atoms with Crippen molar-refractivity contribution in [3.05, 3.63) is 29.3 Å². The maximum Gasteiger partial charge on any atom is 0.337 e. The van der Waals surface area contributed by atoms with Gasteiger partial charge in [-0.25, -0.2) is 4.79 Å². The minimum Gasteiger partial charge on any atom is -0.493 e. The summed E-state index contributed by atoms with van der Waals surface area (Å²) in [6.07, 6.45) is 0. The van der Waals surface area contributed by atoms with Gasteiger partial charge in [0.15, 0.2) is 0 Å². The van der Waals surface area contributed by atoms with Gasteiger partial charge in [-0.2, -0.15) is 0 Å². The zero-order valence-electron chi connectivity index (χ0n) is 8.53. The summed E-state index contributed by atoms with van der Waals surface area (Å²) in [6.45, 7) is 1.12. The average molecular weight is 207 g/mol. The predicted molar refractivity (Wildman–Crippen MR) is 55.1 cm³/mol. The first-order chi connectivity index (χ1) is 7.26. The van der Waals surface area contributed by atoms with Crippen molar-refractivity contribution in [2.75, 3.05) is 20.3 Å². The summed E-state index contributed by atoms with van der Waals surface area (Å²) in [5.41, 5.74) is 7.15. The van der Waals surface area contributed by atoms with Crippen molar-refractivity contribution < 1.29 is 14.3 Å². The third-order valence-corrected chi connectivity index (χ3v) is 2.60. The number of carbonyl (C=O) groups excluding carboxylic acids is 1. The van der Waals surface area contributed by atoms with Crippen molar-refractivity contribution in [3.63, 3.8) is 0 Å². The van der Waals surface area contributed by atoms with E-state index in [2.05, 4.69) is 4.74 Å². The Morgan fingerprint density at radius 1 is 1.67 bits per heavy atom. The van der Waals surface area contributed by atoms with Gasteiger partial charge in [0.25, 0.3) is 0 Å². The minimum atomic E-state index is -0.333.